The summed E-state index contributed by atoms with van der Waals surface area (Å²) in [7, 11) is 0. The van der Waals surface area contributed by atoms with E-state index in [-0.39, 0.29) is 18.0 Å². The molecule has 2 aromatic rings. The highest BCUT2D eigenvalue weighted by Crippen LogP contribution is 2.28. The molecule has 0 saturated carbocycles. The summed E-state index contributed by atoms with van der Waals surface area (Å²) < 4.78 is 5.99. The highest BCUT2D eigenvalue weighted by molar-refractivity contribution is 6.08. The topological polar surface area (TPSA) is 93.8 Å². The third-order valence-electron chi connectivity index (χ3n) is 4.05. The van der Waals surface area contributed by atoms with E-state index in [4.69, 9.17) is 4.74 Å². The predicted molar refractivity (Wildman–Crippen MR) is 102 cm³/mol. The Hall–Kier alpha value is -3.48. The number of carbonyl (C=O) groups excluding carboxylic acids is 1. The van der Waals surface area contributed by atoms with Crippen LogP contribution in [0.25, 0.3) is 0 Å². The minimum Gasteiger partial charge on any atom is -0.460 e. The van der Waals surface area contributed by atoms with Crippen LogP contribution in [-0.2, 0) is 4.79 Å². The molecule has 0 radical (unpaired) electrons. The lowest BCUT2D eigenvalue weighted by atomic mass is 10.1. The summed E-state index contributed by atoms with van der Waals surface area (Å²) in [6, 6.07) is 9.83. The molecule has 0 aliphatic carbocycles. The molecule has 7 heteroatoms. The van der Waals surface area contributed by atoms with Crippen molar-refractivity contribution in [2.45, 2.75) is 27.2 Å². The maximum atomic E-state index is 12.0. The van der Waals surface area contributed by atoms with E-state index in [0.717, 1.165) is 22.4 Å². The van der Waals surface area contributed by atoms with Gasteiger partial charge in [0.1, 0.15) is 17.3 Å². The van der Waals surface area contributed by atoms with Crippen LogP contribution in [0.2, 0.25) is 0 Å². The van der Waals surface area contributed by atoms with Crippen LogP contribution in [0.5, 0.6) is 5.75 Å². The fraction of sp³-hybridized carbons (Fsp3) is 0.200. The number of amides is 1. The Morgan fingerprint density at radius 3 is 2.33 bits per heavy atom. The Kier molecular flexibility index (Phi) is 5.03. The van der Waals surface area contributed by atoms with Crippen molar-refractivity contribution in [1.82, 2.24) is 5.32 Å². The number of aliphatic imine (C=N–C) groups is 1. The fourth-order valence-corrected chi connectivity index (χ4v) is 2.96. The zero-order chi connectivity index (χ0) is 19.6. The average Bonchev–Trinajstić information content (AvgIpc) is 2.58. The molecule has 0 saturated heterocycles. The van der Waals surface area contributed by atoms with Gasteiger partial charge < -0.3 is 10.1 Å². The van der Waals surface area contributed by atoms with Gasteiger partial charge in [0.15, 0.2) is 0 Å². The number of carbonyl (C=O) groups is 1. The first-order valence-corrected chi connectivity index (χ1v) is 8.41. The van der Waals surface area contributed by atoms with Crippen LogP contribution < -0.4 is 10.1 Å². The standard InChI is InChI=1S/C20H19N3O4/c1-12-8-13(2)20(14(3)9-12)27-17-10-18(22-19(24)11-17)21-15-4-6-16(7-5-15)23(25)26/h4-10H,11H2,1-3H3,(H,21,22,24). The molecule has 2 aromatic carbocycles. The zero-order valence-corrected chi connectivity index (χ0v) is 15.3. The van der Waals surface area contributed by atoms with E-state index < -0.39 is 4.92 Å². The van der Waals surface area contributed by atoms with Gasteiger partial charge in [0.25, 0.3) is 5.69 Å². The minimum atomic E-state index is -0.475. The summed E-state index contributed by atoms with van der Waals surface area (Å²) in [4.78, 5) is 26.6. The number of ether oxygens (including phenoxy) is 1. The molecule has 0 fully saturated rings. The SMILES string of the molecule is Cc1cc(C)c(OC2=CC(=Nc3ccc([N+](=O)[O-])cc3)NC(=O)C2)c(C)c1. The van der Waals surface area contributed by atoms with E-state index in [2.05, 4.69) is 10.3 Å². The molecule has 27 heavy (non-hydrogen) atoms. The number of nitrogens with one attached hydrogen (secondary N) is 1. The summed E-state index contributed by atoms with van der Waals surface area (Å²) in [6.07, 6.45) is 1.79. The number of nitro groups is 1. The molecule has 0 unspecified atom stereocenters. The van der Waals surface area contributed by atoms with Gasteiger partial charge in [-0.3, -0.25) is 14.9 Å². The van der Waals surface area contributed by atoms with Gasteiger partial charge in [-0.15, -0.1) is 0 Å². The highest BCUT2D eigenvalue weighted by Gasteiger charge is 2.19. The number of amidine groups is 1. The molecule has 0 aromatic heterocycles. The lowest BCUT2D eigenvalue weighted by molar-refractivity contribution is -0.384. The second kappa shape index (κ2) is 7.41. The van der Waals surface area contributed by atoms with Crippen LogP contribution in [0.1, 0.15) is 23.1 Å². The molecule has 1 N–H and O–H groups in total. The van der Waals surface area contributed by atoms with Gasteiger partial charge in [-0.2, -0.15) is 0 Å². The van der Waals surface area contributed by atoms with Crippen molar-refractivity contribution in [1.29, 1.82) is 0 Å². The molecule has 1 aliphatic heterocycles. The Morgan fingerprint density at radius 2 is 1.74 bits per heavy atom. The molecule has 1 heterocycles. The third kappa shape index (κ3) is 4.38. The predicted octanol–water partition coefficient (Wildman–Crippen LogP) is 4.03. The van der Waals surface area contributed by atoms with Crippen molar-refractivity contribution in [2.75, 3.05) is 0 Å². The van der Waals surface area contributed by atoms with Gasteiger partial charge in [-0.25, -0.2) is 4.99 Å². The number of aryl methyl sites for hydroxylation is 3. The van der Waals surface area contributed by atoms with Crippen molar-refractivity contribution in [3.63, 3.8) is 0 Å². The first-order valence-electron chi connectivity index (χ1n) is 8.41. The number of nitrogens with zero attached hydrogens (tertiary/aromatic N) is 2. The molecule has 1 aliphatic rings. The highest BCUT2D eigenvalue weighted by atomic mass is 16.6. The van der Waals surface area contributed by atoms with Crippen LogP contribution in [0.3, 0.4) is 0 Å². The average molecular weight is 365 g/mol. The van der Waals surface area contributed by atoms with Gasteiger partial charge in [-0.1, -0.05) is 17.7 Å². The van der Waals surface area contributed by atoms with E-state index in [0.29, 0.717) is 17.3 Å². The van der Waals surface area contributed by atoms with Crippen molar-refractivity contribution in [3.8, 4) is 5.75 Å². The van der Waals surface area contributed by atoms with E-state index in [1.807, 2.05) is 32.9 Å². The Labute approximate surface area is 156 Å². The molecular weight excluding hydrogens is 346 g/mol. The Bertz CT molecular complexity index is 952. The van der Waals surface area contributed by atoms with Gasteiger partial charge in [0.2, 0.25) is 5.91 Å². The molecule has 1 amide bonds. The monoisotopic (exact) mass is 365 g/mol. The van der Waals surface area contributed by atoms with Gasteiger partial charge in [0.05, 0.1) is 17.0 Å². The molecule has 7 nitrogen and oxygen atoms in total. The summed E-state index contributed by atoms with van der Waals surface area (Å²) in [6.45, 7) is 5.95. The lowest BCUT2D eigenvalue weighted by Crippen LogP contribution is -2.34. The molecule has 0 atom stereocenters. The maximum Gasteiger partial charge on any atom is 0.269 e. The Balaban J connectivity index is 1.87. The van der Waals surface area contributed by atoms with Gasteiger partial charge >= 0.3 is 0 Å². The molecule has 3 rings (SSSR count). The van der Waals surface area contributed by atoms with Crippen LogP contribution in [-0.4, -0.2) is 16.7 Å². The van der Waals surface area contributed by atoms with E-state index in [1.54, 1.807) is 6.08 Å². The number of hydrogen-bond donors (Lipinski definition) is 1. The number of hydrogen-bond acceptors (Lipinski definition) is 5. The normalized spacial score (nSPS) is 15.3. The second-order valence-corrected chi connectivity index (χ2v) is 6.44. The van der Waals surface area contributed by atoms with E-state index >= 15 is 0 Å². The summed E-state index contributed by atoms with van der Waals surface area (Å²) in [5.41, 5.74) is 3.61. The number of benzene rings is 2. The van der Waals surface area contributed by atoms with Crippen LogP contribution in [0.4, 0.5) is 11.4 Å². The number of non-ortho nitro benzene ring substituents is 1. The lowest BCUT2D eigenvalue weighted by Gasteiger charge is -2.19. The molecule has 0 spiro atoms. The third-order valence-corrected chi connectivity index (χ3v) is 4.05. The van der Waals surface area contributed by atoms with Gasteiger partial charge in [-0.05, 0) is 44.0 Å². The quantitative estimate of drug-likeness (QED) is 0.654. The molecule has 0 bridgehead atoms. The van der Waals surface area contributed by atoms with Crippen molar-refractivity contribution >= 4 is 23.1 Å². The van der Waals surface area contributed by atoms with Gasteiger partial charge in [0, 0.05) is 18.2 Å². The van der Waals surface area contributed by atoms with E-state index in [9.17, 15) is 14.9 Å². The fourth-order valence-electron chi connectivity index (χ4n) is 2.96. The number of nitro benzene ring substituents is 1. The van der Waals surface area contributed by atoms with Crippen molar-refractivity contribution in [2.24, 2.45) is 4.99 Å². The van der Waals surface area contributed by atoms with Crippen molar-refractivity contribution in [3.05, 3.63) is 75.0 Å². The Morgan fingerprint density at radius 1 is 1.11 bits per heavy atom. The summed E-state index contributed by atoms with van der Waals surface area (Å²) in [5.74, 6) is 1.33. The first-order chi connectivity index (χ1) is 12.8. The van der Waals surface area contributed by atoms with E-state index in [1.165, 1.54) is 24.3 Å². The van der Waals surface area contributed by atoms with Crippen LogP contribution in [0, 0.1) is 30.9 Å². The first kappa shape index (κ1) is 18.3. The largest absolute Gasteiger partial charge is 0.460 e. The van der Waals surface area contributed by atoms with Crippen LogP contribution >= 0.6 is 0 Å². The smallest absolute Gasteiger partial charge is 0.269 e. The maximum absolute atomic E-state index is 12.0. The summed E-state index contributed by atoms with van der Waals surface area (Å²) in [5, 5.41) is 13.4. The van der Waals surface area contributed by atoms with Crippen LogP contribution in [0.15, 0.2) is 53.2 Å². The minimum absolute atomic E-state index is 0.0171. The molecular formula is C20H19N3O4. The number of rotatable bonds is 4. The summed E-state index contributed by atoms with van der Waals surface area (Å²) >= 11 is 0. The molecule has 138 valence electrons. The van der Waals surface area contributed by atoms with Crippen molar-refractivity contribution < 1.29 is 14.5 Å². The second-order valence-electron chi connectivity index (χ2n) is 6.44. The zero-order valence-electron chi connectivity index (χ0n) is 15.3.